The molecule has 0 unspecified atom stereocenters. The van der Waals surface area contributed by atoms with Gasteiger partial charge in [0.2, 0.25) is 0 Å². The average molecular weight is 345 g/mol. The quantitative estimate of drug-likeness (QED) is 0.760. The van der Waals surface area contributed by atoms with Crippen LogP contribution in [0.4, 0.5) is 10.7 Å². The van der Waals surface area contributed by atoms with Gasteiger partial charge in [0.1, 0.15) is 28.8 Å². The second-order valence-electron chi connectivity index (χ2n) is 6.01. The van der Waals surface area contributed by atoms with E-state index in [2.05, 4.69) is 5.32 Å². The maximum atomic E-state index is 9.38. The van der Waals surface area contributed by atoms with E-state index in [1.807, 2.05) is 42.5 Å². The van der Waals surface area contributed by atoms with Crippen LogP contribution in [0.2, 0.25) is 0 Å². The number of allylic oxidation sites excluding steroid dienone is 1. The molecule has 0 bridgehead atoms. The molecule has 1 aromatic carbocycles. The molecule has 2 N–H and O–H groups in total. The fraction of sp³-hybridized carbons (Fsp3) is 0.211. The molecule has 5 nitrogen and oxygen atoms in total. The number of aryl methyl sites for hydroxylation is 1. The molecule has 25 heavy (non-hydrogen) atoms. The van der Waals surface area contributed by atoms with E-state index in [0.717, 1.165) is 35.5 Å². The van der Waals surface area contributed by atoms with E-state index in [4.69, 9.17) is 5.41 Å². The van der Waals surface area contributed by atoms with Crippen LogP contribution < -0.4 is 10.2 Å². The predicted octanol–water partition coefficient (Wildman–Crippen LogP) is 4.14. The Kier molecular flexibility index (Phi) is 3.76. The summed E-state index contributed by atoms with van der Waals surface area (Å²) < 4.78 is 0. The van der Waals surface area contributed by atoms with E-state index in [1.165, 1.54) is 16.9 Å². The van der Waals surface area contributed by atoms with E-state index in [-0.39, 0.29) is 5.57 Å². The molecule has 2 aliphatic rings. The smallest absolute Gasteiger partial charge is 0.170 e. The maximum absolute atomic E-state index is 9.38. The molecule has 2 heterocycles. The number of nitriles is 2. The molecule has 4 rings (SSSR count). The second-order valence-corrected chi connectivity index (χ2v) is 7.11. The van der Waals surface area contributed by atoms with Gasteiger partial charge in [0.05, 0.1) is 5.56 Å². The highest BCUT2D eigenvalue weighted by molar-refractivity contribution is 7.16. The van der Waals surface area contributed by atoms with Gasteiger partial charge in [-0.1, -0.05) is 18.2 Å². The first-order valence-corrected chi connectivity index (χ1v) is 8.96. The van der Waals surface area contributed by atoms with Crippen molar-refractivity contribution in [3.63, 3.8) is 0 Å². The minimum absolute atomic E-state index is 0.0226. The van der Waals surface area contributed by atoms with Gasteiger partial charge in [-0.25, -0.2) is 0 Å². The number of hydrogen-bond acceptors (Lipinski definition) is 5. The van der Waals surface area contributed by atoms with Gasteiger partial charge in [-0.05, 0) is 43.4 Å². The minimum atomic E-state index is -0.0226. The van der Waals surface area contributed by atoms with E-state index in [9.17, 15) is 10.5 Å². The van der Waals surface area contributed by atoms with Crippen LogP contribution in [-0.4, -0.2) is 5.84 Å². The molecule has 1 aliphatic carbocycles. The van der Waals surface area contributed by atoms with Crippen molar-refractivity contribution in [1.29, 1.82) is 15.9 Å². The average Bonchev–Trinajstić information content (AvgIpc) is 3.02. The van der Waals surface area contributed by atoms with Crippen molar-refractivity contribution >= 4 is 27.9 Å². The molecule has 1 aliphatic heterocycles. The van der Waals surface area contributed by atoms with E-state index in [0.29, 0.717) is 11.7 Å². The van der Waals surface area contributed by atoms with Crippen LogP contribution in [0.15, 0.2) is 41.7 Å². The van der Waals surface area contributed by atoms with Crippen molar-refractivity contribution in [2.24, 2.45) is 0 Å². The fourth-order valence-corrected chi connectivity index (χ4v) is 4.72. The van der Waals surface area contributed by atoms with Crippen LogP contribution in [0.3, 0.4) is 0 Å². The highest BCUT2D eigenvalue weighted by Gasteiger charge is 2.34. The maximum Gasteiger partial charge on any atom is 0.170 e. The third kappa shape index (κ3) is 2.39. The molecule has 122 valence electrons. The lowest BCUT2D eigenvalue weighted by Crippen LogP contribution is -2.39. The van der Waals surface area contributed by atoms with Crippen molar-refractivity contribution in [3.05, 3.63) is 57.7 Å². The summed E-state index contributed by atoms with van der Waals surface area (Å²) in [5, 5.41) is 31.7. The topological polar surface area (TPSA) is 86.7 Å². The Balaban J connectivity index is 1.94. The molecule has 0 fully saturated rings. The molecule has 6 heteroatoms. The van der Waals surface area contributed by atoms with Crippen LogP contribution in [0.5, 0.6) is 0 Å². The number of nitrogens with zero attached hydrogens (tertiary/aromatic N) is 3. The SMILES string of the molecule is N#CC(C#N)=C1Nc2sc3c(c2C(=N)N1c1ccccc1)CCCC3. The molecule has 0 saturated heterocycles. The van der Waals surface area contributed by atoms with E-state index in [1.54, 1.807) is 16.2 Å². The molecule has 0 radical (unpaired) electrons. The summed E-state index contributed by atoms with van der Waals surface area (Å²) in [5.41, 5.74) is 2.91. The molecule has 2 aromatic rings. The predicted molar refractivity (Wildman–Crippen MR) is 98.6 cm³/mol. The third-order valence-electron chi connectivity index (χ3n) is 4.56. The summed E-state index contributed by atoms with van der Waals surface area (Å²) in [6.45, 7) is 0. The van der Waals surface area contributed by atoms with Crippen LogP contribution in [0.1, 0.15) is 28.8 Å². The number of fused-ring (bicyclic) bond motifs is 3. The van der Waals surface area contributed by atoms with Crippen molar-refractivity contribution < 1.29 is 0 Å². The van der Waals surface area contributed by atoms with Crippen LogP contribution in [0.25, 0.3) is 0 Å². The molecule has 0 saturated carbocycles. The van der Waals surface area contributed by atoms with Crippen LogP contribution in [0, 0.1) is 28.1 Å². The van der Waals surface area contributed by atoms with Gasteiger partial charge in [-0.2, -0.15) is 10.5 Å². The van der Waals surface area contributed by atoms with Gasteiger partial charge in [0.15, 0.2) is 5.57 Å². The van der Waals surface area contributed by atoms with Crippen molar-refractivity contribution in [2.45, 2.75) is 25.7 Å². The Morgan fingerprint density at radius 1 is 1.12 bits per heavy atom. The Labute approximate surface area is 149 Å². The van der Waals surface area contributed by atoms with Gasteiger partial charge in [0.25, 0.3) is 0 Å². The summed E-state index contributed by atoms with van der Waals surface area (Å²) in [5.74, 6) is 0.699. The summed E-state index contributed by atoms with van der Waals surface area (Å²) in [6, 6.07) is 13.4. The normalized spacial score (nSPS) is 15.5. The lowest BCUT2D eigenvalue weighted by molar-refractivity contribution is 0.696. The number of anilines is 2. The number of benzene rings is 1. The fourth-order valence-electron chi connectivity index (χ4n) is 3.43. The third-order valence-corrected chi connectivity index (χ3v) is 5.77. The van der Waals surface area contributed by atoms with Gasteiger partial charge in [0, 0.05) is 10.6 Å². The Morgan fingerprint density at radius 2 is 1.84 bits per heavy atom. The molecule has 1 aromatic heterocycles. The highest BCUT2D eigenvalue weighted by atomic mass is 32.1. The molecule has 0 amide bonds. The zero-order valence-corrected chi connectivity index (χ0v) is 14.3. The molecule has 0 atom stereocenters. The zero-order valence-electron chi connectivity index (χ0n) is 13.5. The zero-order chi connectivity index (χ0) is 17.4. The second kappa shape index (κ2) is 6.08. The van der Waals surface area contributed by atoms with Gasteiger partial charge < -0.3 is 5.32 Å². The van der Waals surface area contributed by atoms with Crippen molar-refractivity contribution in [1.82, 2.24) is 0 Å². The summed E-state index contributed by atoms with van der Waals surface area (Å²) >= 11 is 1.65. The Bertz CT molecular complexity index is 956. The summed E-state index contributed by atoms with van der Waals surface area (Å²) in [7, 11) is 0. The number of amidine groups is 1. The van der Waals surface area contributed by atoms with Crippen molar-refractivity contribution in [2.75, 3.05) is 10.2 Å². The molecule has 0 spiro atoms. The Morgan fingerprint density at radius 3 is 2.56 bits per heavy atom. The summed E-state index contributed by atoms with van der Waals surface area (Å²) in [6.07, 6.45) is 4.33. The number of hydrogen-bond donors (Lipinski definition) is 2. The lowest BCUT2D eigenvalue weighted by Gasteiger charge is -2.33. The number of rotatable bonds is 1. The molecular formula is C19H15N5S. The first-order chi connectivity index (χ1) is 12.2. The standard InChI is InChI=1S/C19H15N5S/c20-10-12(11-21)18-23-19-16(14-8-4-5-9-15(14)25-19)17(22)24(18)13-6-2-1-3-7-13/h1-3,6-7,22-23H,4-5,8-9H2. The largest absolute Gasteiger partial charge is 0.331 e. The monoisotopic (exact) mass is 345 g/mol. The molecular weight excluding hydrogens is 330 g/mol. The van der Waals surface area contributed by atoms with E-state index >= 15 is 0 Å². The van der Waals surface area contributed by atoms with E-state index < -0.39 is 0 Å². The van der Waals surface area contributed by atoms with Gasteiger partial charge in [-0.3, -0.25) is 10.3 Å². The Hall–Kier alpha value is -3.09. The number of nitrogens with one attached hydrogen (secondary N) is 2. The van der Waals surface area contributed by atoms with Crippen LogP contribution >= 0.6 is 11.3 Å². The minimum Gasteiger partial charge on any atom is -0.331 e. The first kappa shape index (κ1) is 15.4. The number of para-hydroxylation sites is 1. The lowest BCUT2D eigenvalue weighted by atomic mass is 9.94. The number of thiophene rings is 1. The highest BCUT2D eigenvalue weighted by Crippen LogP contribution is 2.43. The van der Waals surface area contributed by atoms with Gasteiger partial charge >= 0.3 is 0 Å². The van der Waals surface area contributed by atoms with Gasteiger partial charge in [-0.15, -0.1) is 11.3 Å². The van der Waals surface area contributed by atoms with Crippen LogP contribution in [-0.2, 0) is 12.8 Å². The summed E-state index contributed by atoms with van der Waals surface area (Å²) in [4.78, 5) is 2.99. The van der Waals surface area contributed by atoms with Crippen molar-refractivity contribution in [3.8, 4) is 12.1 Å². The first-order valence-electron chi connectivity index (χ1n) is 8.14.